The summed E-state index contributed by atoms with van der Waals surface area (Å²) >= 11 is 0. The van der Waals surface area contributed by atoms with Crippen LogP contribution in [0.4, 0.5) is 4.39 Å². The molecule has 0 saturated heterocycles. The van der Waals surface area contributed by atoms with Gasteiger partial charge in [-0.15, -0.1) is 0 Å². The molecule has 1 saturated carbocycles. The summed E-state index contributed by atoms with van der Waals surface area (Å²) in [5.74, 6) is 3.00. The molecule has 0 aromatic carbocycles. The first-order valence-electron chi connectivity index (χ1n) is 7.21. The lowest BCUT2D eigenvalue weighted by Crippen LogP contribution is -2.23. The fourth-order valence-electron chi connectivity index (χ4n) is 3.39. The van der Waals surface area contributed by atoms with Crippen LogP contribution in [0, 0.1) is 23.7 Å². The van der Waals surface area contributed by atoms with Gasteiger partial charge in [-0.25, -0.2) is 4.39 Å². The van der Waals surface area contributed by atoms with E-state index in [1.54, 1.807) is 0 Å². The zero-order chi connectivity index (χ0) is 13.0. The van der Waals surface area contributed by atoms with Gasteiger partial charge in [0.05, 0.1) is 6.10 Å². The van der Waals surface area contributed by atoms with E-state index in [4.69, 9.17) is 4.74 Å². The molecule has 0 heterocycles. The van der Waals surface area contributed by atoms with E-state index < -0.39 is 6.36 Å². The van der Waals surface area contributed by atoms with Crippen LogP contribution in [0.2, 0.25) is 0 Å². The molecule has 0 aromatic rings. The molecule has 3 atom stereocenters. The highest BCUT2D eigenvalue weighted by Gasteiger charge is 2.31. The monoisotopic (exact) mass is 244 g/mol. The Hall–Kier alpha value is -0.110. The number of hydrogen-bond donors (Lipinski definition) is 0. The summed E-state index contributed by atoms with van der Waals surface area (Å²) in [5.41, 5.74) is 0. The molecule has 1 fully saturated rings. The van der Waals surface area contributed by atoms with Crippen LogP contribution in [0.1, 0.15) is 60.3 Å². The fraction of sp³-hybridized carbons (Fsp3) is 1.00. The summed E-state index contributed by atoms with van der Waals surface area (Å²) in [6.45, 7) is 10.8. The van der Waals surface area contributed by atoms with Crippen LogP contribution in [0.3, 0.4) is 0 Å². The number of ether oxygens (including phenoxy) is 1. The molecule has 102 valence electrons. The van der Waals surface area contributed by atoms with Crippen molar-refractivity contribution >= 4 is 0 Å². The standard InChI is InChI=1S/C15H29FO/c1-10(2)14-8-6-13(17-12(5)16)7-9-15(14)11(3)4/h10-15H,6-9H2,1-5H3. The van der Waals surface area contributed by atoms with E-state index in [0.29, 0.717) is 0 Å². The van der Waals surface area contributed by atoms with Gasteiger partial charge in [-0.3, -0.25) is 0 Å². The molecule has 1 rings (SSSR count). The number of rotatable bonds is 4. The first kappa shape index (κ1) is 14.9. The van der Waals surface area contributed by atoms with Gasteiger partial charge in [0.15, 0.2) is 6.36 Å². The van der Waals surface area contributed by atoms with E-state index in [-0.39, 0.29) is 6.10 Å². The van der Waals surface area contributed by atoms with Crippen molar-refractivity contribution in [2.24, 2.45) is 23.7 Å². The molecule has 0 radical (unpaired) electrons. The first-order valence-corrected chi connectivity index (χ1v) is 7.21. The van der Waals surface area contributed by atoms with E-state index >= 15 is 0 Å². The van der Waals surface area contributed by atoms with Crippen LogP contribution in [0.15, 0.2) is 0 Å². The second kappa shape index (κ2) is 6.72. The van der Waals surface area contributed by atoms with Crippen LogP contribution < -0.4 is 0 Å². The summed E-state index contributed by atoms with van der Waals surface area (Å²) in [4.78, 5) is 0. The number of alkyl halides is 1. The molecule has 3 unspecified atom stereocenters. The summed E-state index contributed by atoms with van der Waals surface area (Å²) in [5, 5.41) is 0. The summed E-state index contributed by atoms with van der Waals surface area (Å²) in [7, 11) is 0. The van der Waals surface area contributed by atoms with Gasteiger partial charge >= 0.3 is 0 Å². The summed E-state index contributed by atoms with van der Waals surface area (Å²) < 4.78 is 18.3. The third-order valence-corrected chi connectivity index (χ3v) is 4.29. The third kappa shape index (κ3) is 4.57. The van der Waals surface area contributed by atoms with Crippen LogP contribution in [-0.4, -0.2) is 12.5 Å². The Bertz CT molecular complexity index is 195. The third-order valence-electron chi connectivity index (χ3n) is 4.29. The van der Waals surface area contributed by atoms with Crippen molar-refractivity contribution in [3.63, 3.8) is 0 Å². The molecule has 0 spiro atoms. The lowest BCUT2D eigenvalue weighted by atomic mass is 9.74. The summed E-state index contributed by atoms with van der Waals surface area (Å²) in [6.07, 6.45) is 3.46. The maximum atomic E-state index is 12.9. The van der Waals surface area contributed by atoms with Gasteiger partial charge in [0.25, 0.3) is 0 Å². The lowest BCUT2D eigenvalue weighted by molar-refractivity contribution is -0.0789. The normalized spacial score (nSPS) is 32.8. The van der Waals surface area contributed by atoms with Crippen LogP contribution in [0.5, 0.6) is 0 Å². The van der Waals surface area contributed by atoms with Gasteiger partial charge in [-0.2, -0.15) is 0 Å². The van der Waals surface area contributed by atoms with Gasteiger partial charge in [0, 0.05) is 0 Å². The van der Waals surface area contributed by atoms with Crippen molar-refractivity contribution in [3.8, 4) is 0 Å². The minimum absolute atomic E-state index is 0.139. The Balaban J connectivity index is 2.62. The second-order valence-electron chi connectivity index (χ2n) is 6.27. The molecule has 1 aliphatic rings. The van der Waals surface area contributed by atoms with Crippen molar-refractivity contribution in [1.29, 1.82) is 0 Å². The fourth-order valence-corrected chi connectivity index (χ4v) is 3.39. The van der Waals surface area contributed by atoms with Crippen LogP contribution in [0.25, 0.3) is 0 Å². The number of halogens is 1. The SMILES string of the molecule is CC(F)OC1CCC(C(C)C)C(C(C)C)CC1. The Morgan fingerprint density at radius 3 is 1.53 bits per heavy atom. The molecule has 0 N–H and O–H groups in total. The van der Waals surface area contributed by atoms with Crippen LogP contribution >= 0.6 is 0 Å². The molecule has 0 bridgehead atoms. The maximum Gasteiger partial charge on any atom is 0.196 e. The van der Waals surface area contributed by atoms with E-state index in [2.05, 4.69) is 27.7 Å². The first-order chi connectivity index (χ1) is 7.91. The Morgan fingerprint density at radius 2 is 1.24 bits per heavy atom. The van der Waals surface area contributed by atoms with Gasteiger partial charge < -0.3 is 4.74 Å². The molecule has 0 aliphatic heterocycles. The molecule has 0 amide bonds. The molecular weight excluding hydrogens is 215 g/mol. The minimum atomic E-state index is -1.12. The highest BCUT2D eigenvalue weighted by molar-refractivity contribution is 4.81. The van der Waals surface area contributed by atoms with Gasteiger partial charge in [-0.05, 0) is 56.3 Å². The van der Waals surface area contributed by atoms with E-state index in [1.165, 1.54) is 19.8 Å². The highest BCUT2D eigenvalue weighted by Crippen LogP contribution is 2.39. The molecule has 2 heteroatoms. The van der Waals surface area contributed by atoms with Crippen LogP contribution in [-0.2, 0) is 4.74 Å². The van der Waals surface area contributed by atoms with E-state index in [0.717, 1.165) is 36.5 Å². The minimum Gasteiger partial charge on any atom is -0.345 e. The Morgan fingerprint density at radius 1 is 0.824 bits per heavy atom. The molecule has 1 aliphatic carbocycles. The Labute approximate surface area is 106 Å². The second-order valence-corrected chi connectivity index (χ2v) is 6.27. The van der Waals surface area contributed by atoms with Crippen molar-refractivity contribution in [3.05, 3.63) is 0 Å². The van der Waals surface area contributed by atoms with Crippen molar-refractivity contribution < 1.29 is 9.13 Å². The van der Waals surface area contributed by atoms with Gasteiger partial charge in [0.2, 0.25) is 0 Å². The lowest BCUT2D eigenvalue weighted by Gasteiger charge is -2.31. The van der Waals surface area contributed by atoms with E-state index in [9.17, 15) is 4.39 Å². The van der Waals surface area contributed by atoms with Crippen molar-refractivity contribution in [2.75, 3.05) is 0 Å². The maximum absolute atomic E-state index is 12.9. The quantitative estimate of drug-likeness (QED) is 0.645. The van der Waals surface area contributed by atoms with E-state index in [1.807, 2.05) is 0 Å². The van der Waals surface area contributed by atoms with Crippen molar-refractivity contribution in [1.82, 2.24) is 0 Å². The van der Waals surface area contributed by atoms with Crippen molar-refractivity contribution in [2.45, 2.75) is 72.8 Å². The largest absolute Gasteiger partial charge is 0.345 e. The molecular formula is C15H29FO. The zero-order valence-electron chi connectivity index (χ0n) is 12.1. The zero-order valence-corrected chi connectivity index (χ0v) is 12.1. The molecule has 1 nitrogen and oxygen atoms in total. The molecule has 17 heavy (non-hydrogen) atoms. The highest BCUT2D eigenvalue weighted by atomic mass is 19.1. The predicted octanol–water partition coefficient (Wildman–Crippen LogP) is 4.81. The Kier molecular flexibility index (Phi) is 5.91. The molecule has 0 aromatic heterocycles. The smallest absolute Gasteiger partial charge is 0.196 e. The number of hydrogen-bond acceptors (Lipinski definition) is 1. The van der Waals surface area contributed by atoms with Gasteiger partial charge in [0.1, 0.15) is 0 Å². The average molecular weight is 244 g/mol. The van der Waals surface area contributed by atoms with Gasteiger partial charge in [-0.1, -0.05) is 27.7 Å². The predicted molar refractivity (Wildman–Crippen MR) is 70.6 cm³/mol. The average Bonchev–Trinajstić information content (AvgIpc) is 2.39. The topological polar surface area (TPSA) is 9.23 Å². The summed E-state index contributed by atoms with van der Waals surface area (Å²) in [6, 6.07) is 0.